The van der Waals surface area contributed by atoms with Gasteiger partial charge in [0.15, 0.2) is 5.84 Å². The van der Waals surface area contributed by atoms with Crippen molar-refractivity contribution in [1.29, 1.82) is 0 Å². The van der Waals surface area contributed by atoms with Crippen molar-refractivity contribution < 1.29 is 0 Å². The van der Waals surface area contributed by atoms with Crippen molar-refractivity contribution in [3.8, 4) is 11.4 Å². The number of nitrogens with two attached hydrogens (primary N) is 1. The summed E-state index contributed by atoms with van der Waals surface area (Å²) in [4.78, 5) is 9.95. The number of amidine groups is 2. The Kier molecular flexibility index (Phi) is 12.2. The molecular formula is C54H48IN5. The second-order valence-corrected chi connectivity index (χ2v) is 16.0. The van der Waals surface area contributed by atoms with Gasteiger partial charge >= 0.3 is 0 Å². The number of fused-ring (bicyclic) bond motifs is 2. The van der Waals surface area contributed by atoms with Gasteiger partial charge in [-0.1, -0.05) is 157 Å². The van der Waals surface area contributed by atoms with Crippen molar-refractivity contribution in [2.24, 2.45) is 15.7 Å². The number of hydrogen-bond donors (Lipinski definition) is 1. The van der Waals surface area contributed by atoms with Gasteiger partial charge in [0.2, 0.25) is 0 Å². The molecule has 0 unspecified atom stereocenters. The molecule has 0 saturated carbocycles. The zero-order chi connectivity index (χ0) is 41.6. The highest BCUT2D eigenvalue weighted by Crippen LogP contribution is 2.36. The van der Waals surface area contributed by atoms with Crippen LogP contribution in [0.5, 0.6) is 0 Å². The van der Waals surface area contributed by atoms with Crippen LogP contribution in [0.2, 0.25) is 0 Å². The van der Waals surface area contributed by atoms with Crippen molar-refractivity contribution >= 4 is 79.5 Å². The number of allylic oxidation sites excluding steroid dienone is 1. The second-order valence-electron chi connectivity index (χ2n) is 15.0. The van der Waals surface area contributed by atoms with Gasteiger partial charge in [-0.15, -0.1) is 0 Å². The fraction of sp³-hybridized carbons (Fsp3) is 0.111. The highest BCUT2D eigenvalue weighted by molar-refractivity contribution is 14.1. The molecule has 2 aromatic heterocycles. The first kappa shape index (κ1) is 40.3. The summed E-state index contributed by atoms with van der Waals surface area (Å²) in [6.07, 6.45) is 7.69. The minimum absolute atomic E-state index is 0.375. The van der Waals surface area contributed by atoms with Crippen LogP contribution in [-0.2, 0) is 6.42 Å². The first-order valence-electron chi connectivity index (χ1n) is 20.4. The van der Waals surface area contributed by atoms with Crippen molar-refractivity contribution in [2.45, 2.75) is 33.1 Å². The number of aryl methyl sites for hydroxylation is 1. The number of unbranched alkanes of at least 4 members (excludes halogenated alkanes) is 1. The predicted molar refractivity (Wildman–Crippen MR) is 266 cm³/mol. The van der Waals surface area contributed by atoms with Gasteiger partial charge < -0.3 is 14.9 Å². The average Bonchev–Trinajstić information content (AvgIpc) is 3.76. The summed E-state index contributed by atoms with van der Waals surface area (Å²) in [5.41, 5.74) is 21.4. The van der Waals surface area contributed by atoms with E-state index in [1.54, 1.807) is 0 Å². The lowest BCUT2D eigenvalue weighted by Crippen LogP contribution is -2.16. The Morgan fingerprint density at radius 2 is 1.28 bits per heavy atom. The van der Waals surface area contributed by atoms with Crippen molar-refractivity contribution in [3.05, 3.63) is 216 Å². The molecule has 2 heterocycles. The summed E-state index contributed by atoms with van der Waals surface area (Å²) in [6, 6.07) is 54.2. The molecule has 0 aliphatic rings. The van der Waals surface area contributed by atoms with Gasteiger partial charge in [-0.3, -0.25) is 0 Å². The molecule has 0 aliphatic heterocycles. The van der Waals surface area contributed by atoms with Crippen molar-refractivity contribution in [2.75, 3.05) is 4.43 Å². The Bertz CT molecular complexity index is 2930. The van der Waals surface area contributed by atoms with Crippen LogP contribution in [0.15, 0.2) is 181 Å². The SMILES string of the molecule is C=Cc1c(/C=C(\C)c2ccc3c(c2)c(CCCCI)c(C)n3-c2ccccc2)n(-c2cccc(C(N=C(N)c3ccccc3)=NC(=C)c3ccccc3)c2)c2ccccc12. The highest BCUT2D eigenvalue weighted by Gasteiger charge is 2.19. The lowest BCUT2D eigenvalue weighted by molar-refractivity contribution is 0.805. The lowest BCUT2D eigenvalue weighted by atomic mass is 9.99. The number of nitrogens with zero attached hydrogens (tertiary/aromatic N) is 4. The number of rotatable bonds is 13. The highest BCUT2D eigenvalue weighted by atomic mass is 127. The third-order valence-corrected chi connectivity index (χ3v) is 11.9. The Morgan fingerprint density at radius 1 is 0.650 bits per heavy atom. The molecule has 8 rings (SSSR count). The van der Waals surface area contributed by atoms with E-state index in [1.165, 1.54) is 39.8 Å². The summed E-state index contributed by atoms with van der Waals surface area (Å²) < 4.78 is 5.90. The Morgan fingerprint density at radius 3 is 2.00 bits per heavy atom. The van der Waals surface area contributed by atoms with Gasteiger partial charge in [0, 0.05) is 44.5 Å². The molecule has 0 spiro atoms. The minimum Gasteiger partial charge on any atom is -0.383 e. The van der Waals surface area contributed by atoms with E-state index in [9.17, 15) is 0 Å². The smallest absolute Gasteiger partial charge is 0.162 e. The maximum atomic E-state index is 6.65. The van der Waals surface area contributed by atoms with E-state index in [2.05, 4.69) is 156 Å². The number of aromatic nitrogens is 2. The van der Waals surface area contributed by atoms with Crippen molar-refractivity contribution in [3.63, 3.8) is 0 Å². The van der Waals surface area contributed by atoms with Crippen LogP contribution in [-0.4, -0.2) is 25.2 Å². The number of para-hydroxylation sites is 2. The summed E-state index contributed by atoms with van der Waals surface area (Å²) in [7, 11) is 0. The standard InChI is InChI=1S/C54H48IN5/c1-5-46-48-29-15-16-30-50(48)60(45-27-19-24-43(35-45)54(57-38(3)40-20-9-6-10-21-40)58-53(56)41-22-11-7-12-23-41)52(46)34-37(2)42-31-32-51-49(36-42)47(28-17-18-33-55)39(4)59(51)44-25-13-8-14-26-44/h5-16,19-27,29-32,34-36H,1,3,17-18,28,33H2,2,4H3,(H2,56,57,58)/b37-34+. The average molecular weight is 894 g/mol. The third-order valence-electron chi connectivity index (χ3n) is 11.1. The van der Waals surface area contributed by atoms with E-state index in [0.717, 1.165) is 67.4 Å². The zero-order valence-electron chi connectivity index (χ0n) is 34.2. The van der Waals surface area contributed by atoms with Crippen LogP contribution in [0, 0.1) is 6.92 Å². The summed E-state index contributed by atoms with van der Waals surface area (Å²) in [5, 5.41) is 2.43. The van der Waals surface area contributed by atoms with E-state index in [4.69, 9.17) is 15.7 Å². The first-order valence-corrected chi connectivity index (χ1v) is 21.9. The van der Waals surface area contributed by atoms with Gasteiger partial charge in [-0.2, -0.15) is 0 Å². The molecule has 0 amide bonds. The van der Waals surface area contributed by atoms with Crippen LogP contribution in [0.1, 0.15) is 64.5 Å². The minimum atomic E-state index is 0.375. The molecular weight excluding hydrogens is 846 g/mol. The quantitative estimate of drug-likeness (QED) is 0.0405. The van der Waals surface area contributed by atoms with E-state index in [1.807, 2.05) is 72.8 Å². The molecule has 8 aromatic rings. The molecule has 296 valence electrons. The Labute approximate surface area is 366 Å². The normalized spacial score (nSPS) is 12.3. The predicted octanol–water partition coefficient (Wildman–Crippen LogP) is 13.7. The van der Waals surface area contributed by atoms with Gasteiger partial charge in [0.05, 0.1) is 22.4 Å². The van der Waals surface area contributed by atoms with E-state index in [0.29, 0.717) is 17.4 Å². The van der Waals surface area contributed by atoms with Crippen molar-refractivity contribution in [1.82, 2.24) is 9.13 Å². The molecule has 0 aliphatic carbocycles. The largest absolute Gasteiger partial charge is 0.383 e. The fourth-order valence-electron chi connectivity index (χ4n) is 8.11. The maximum absolute atomic E-state index is 6.65. The van der Waals surface area contributed by atoms with E-state index >= 15 is 0 Å². The number of alkyl halides is 1. The topological polar surface area (TPSA) is 60.6 Å². The third kappa shape index (κ3) is 8.20. The number of aliphatic imine (C=N–C) groups is 2. The molecule has 0 fully saturated rings. The number of halogens is 1. The second kappa shape index (κ2) is 18.2. The van der Waals surface area contributed by atoms with Gasteiger partial charge in [-0.05, 0) is 108 Å². The van der Waals surface area contributed by atoms with Gasteiger partial charge in [0.25, 0.3) is 0 Å². The molecule has 2 N–H and O–H groups in total. The number of hydrogen-bond acceptors (Lipinski definition) is 1. The first-order chi connectivity index (χ1) is 29.4. The molecule has 0 saturated heterocycles. The number of benzene rings is 6. The monoisotopic (exact) mass is 893 g/mol. The lowest BCUT2D eigenvalue weighted by Gasteiger charge is -2.13. The Hall–Kier alpha value is -6.51. The van der Waals surface area contributed by atoms with Crippen LogP contribution < -0.4 is 5.73 Å². The maximum Gasteiger partial charge on any atom is 0.162 e. The molecule has 0 atom stereocenters. The van der Waals surface area contributed by atoms with E-state index < -0.39 is 0 Å². The molecule has 5 nitrogen and oxygen atoms in total. The molecule has 6 heteroatoms. The van der Waals surface area contributed by atoms with Crippen LogP contribution >= 0.6 is 22.6 Å². The zero-order valence-corrected chi connectivity index (χ0v) is 36.3. The summed E-state index contributed by atoms with van der Waals surface area (Å²) >= 11 is 2.49. The van der Waals surface area contributed by atoms with E-state index in [-0.39, 0.29) is 0 Å². The van der Waals surface area contributed by atoms with Gasteiger partial charge in [-0.25, -0.2) is 9.98 Å². The molecule has 6 aromatic carbocycles. The molecule has 60 heavy (non-hydrogen) atoms. The fourth-order valence-corrected chi connectivity index (χ4v) is 8.65. The van der Waals surface area contributed by atoms with Crippen LogP contribution in [0.3, 0.4) is 0 Å². The summed E-state index contributed by atoms with van der Waals surface area (Å²) in [6.45, 7) is 13.1. The van der Waals surface area contributed by atoms with Crippen LogP contribution in [0.4, 0.5) is 0 Å². The Balaban J connectivity index is 1.27. The van der Waals surface area contributed by atoms with Crippen LogP contribution in [0.25, 0.3) is 56.6 Å². The summed E-state index contributed by atoms with van der Waals surface area (Å²) in [5.74, 6) is 0.848. The molecule has 0 radical (unpaired) electrons. The van der Waals surface area contributed by atoms with Gasteiger partial charge in [0.1, 0.15) is 5.84 Å². The molecule has 0 bridgehead atoms.